The van der Waals surface area contributed by atoms with Gasteiger partial charge >= 0.3 is 0 Å². The summed E-state index contributed by atoms with van der Waals surface area (Å²) in [5, 5.41) is 8.91. The predicted molar refractivity (Wildman–Crippen MR) is 94.3 cm³/mol. The van der Waals surface area contributed by atoms with Gasteiger partial charge in [0.25, 0.3) is 0 Å². The van der Waals surface area contributed by atoms with Crippen LogP contribution in [0.25, 0.3) is 0 Å². The van der Waals surface area contributed by atoms with Crippen molar-refractivity contribution in [3.63, 3.8) is 0 Å². The first-order valence-corrected chi connectivity index (χ1v) is 9.83. The van der Waals surface area contributed by atoms with Crippen LogP contribution in [0.1, 0.15) is 18.9 Å². The minimum atomic E-state index is -3.85. The van der Waals surface area contributed by atoms with Crippen LogP contribution in [-0.2, 0) is 10.0 Å². The number of nitrogens with zero attached hydrogens (tertiary/aromatic N) is 3. The quantitative estimate of drug-likeness (QED) is 0.750. The Kier molecular flexibility index (Phi) is 5.58. The second-order valence-electron chi connectivity index (χ2n) is 5.91. The van der Waals surface area contributed by atoms with Gasteiger partial charge in [-0.1, -0.05) is 0 Å². The van der Waals surface area contributed by atoms with Crippen LogP contribution in [0.3, 0.4) is 0 Å². The molecule has 1 atom stereocenters. The van der Waals surface area contributed by atoms with Gasteiger partial charge < -0.3 is 9.47 Å². The van der Waals surface area contributed by atoms with E-state index in [0.717, 1.165) is 6.07 Å². The van der Waals surface area contributed by atoms with Crippen molar-refractivity contribution in [3.8, 4) is 17.7 Å². The molecule has 0 radical (unpaired) electrons. The number of halogens is 1. The molecule has 3 rings (SSSR count). The third-order valence-electron chi connectivity index (χ3n) is 4.10. The molecule has 1 unspecified atom stereocenters. The normalized spacial score (nSPS) is 17.4. The molecule has 2 aromatic rings. The molecule has 1 aliphatic rings. The van der Waals surface area contributed by atoms with E-state index in [1.165, 1.54) is 28.7 Å². The molecule has 1 aromatic carbocycles. The standard InChI is InChI=1S/C18H18FN3O4S/c1-2-25-17-4-3-15(10-16(17)19)27(23,24)22-8-6-14(12-22)26-18-9-13(11-20)5-7-21-18/h3-5,7,9-10,14H,2,6,8,12H2,1H3. The number of benzene rings is 1. The lowest BCUT2D eigenvalue weighted by Crippen LogP contribution is -2.31. The van der Waals surface area contributed by atoms with E-state index >= 15 is 0 Å². The molecule has 1 aliphatic heterocycles. The molecule has 0 spiro atoms. The summed E-state index contributed by atoms with van der Waals surface area (Å²) >= 11 is 0. The van der Waals surface area contributed by atoms with Crippen molar-refractivity contribution in [3.05, 3.63) is 47.9 Å². The third kappa shape index (κ3) is 4.18. The predicted octanol–water partition coefficient (Wildman–Crippen LogP) is 2.33. The maximum Gasteiger partial charge on any atom is 0.243 e. The Bertz CT molecular complexity index is 975. The highest BCUT2D eigenvalue weighted by molar-refractivity contribution is 7.89. The van der Waals surface area contributed by atoms with Crippen LogP contribution in [0.15, 0.2) is 41.4 Å². The highest BCUT2D eigenvalue weighted by atomic mass is 32.2. The van der Waals surface area contributed by atoms with Gasteiger partial charge in [-0.15, -0.1) is 0 Å². The summed E-state index contributed by atoms with van der Waals surface area (Å²) in [6.45, 7) is 2.38. The van der Waals surface area contributed by atoms with Crippen LogP contribution in [0.2, 0.25) is 0 Å². The van der Waals surface area contributed by atoms with Crippen LogP contribution in [0.5, 0.6) is 11.6 Å². The van der Waals surface area contributed by atoms with Gasteiger partial charge in [-0.05, 0) is 37.6 Å². The number of sulfonamides is 1. The zero-order chi connectivity index (χ0) is 19.4. The molecular weight excluding hydrogens is 373 g/mol. The Labute approximate surface area is 157 Å². The van der Waals surface area contributed by atoms with Crippen molar-refractivity contribution in [1.29, 1.82) is 5.26 Å². The van der Waals surface area contributed by atoms with Crippen LogP contribution in [-0.4, -0.2) is 43.5 Å². The van der Waals surface area contributed by atoms with Crippen molar-refractivity contribution in [2.24, 2.45) is 0 Å². The van der Waals surface area contributed by atoms with E-state index in [-0.39, 0.29) is 36.2 Å². The SMILES string of the molecule is CCOc1ccc(S(=O)(=O)N2CCC(Oc3cc(C#N)ccn3)C2)cc1F. The summed E-state index contributed by atoms with van der Waals surface area (Å²) in [6.07, 6.45) is 1.53. The van der Waals surface area contributed by atoms with E-state index in [0.29, 0.717) is 12.0 Å². The number of hydrogen-bond acceptors (Lipinski definition) is 6. The summed E-state index contributed by atoms with van der Waals surface area (Å²) in [4.78, 5) is 3.90. The highest BCUT2D eigenvalue weighted by Gasteiger charge is 2.34. The van der Waals surface area contributed by atoms with E-state index in [4.69, 9.17) is 14.7 Å². The molecule has 1 aromatic heterocycles. The highest BCUT2D eigenvalue weighted by Crippen LogP contribution is 2.27. The molecule has 1 fully saturated rings. The molecule has 0 N–H and O–H groups in total. The van der Waals surface area contributed by atoms with Crippen LogP contribution in [0.4, 0.5) is 4.39 Å². The van der Waals surface area contributed by atoms with E-state index in [1.54, 1.807) is 13.0 Å². The van der Waals surface area contributed by atoms with E-state index in [9.17, 15) is 12.8 Å². The average Bonchev–Trinajstić information content (AvgIpc) is 3.13. The van der Waals surface area contributed by atoms with Gasteiger partial charge in [0.1, 0.15) is 6.10 Å². The Hall–Kier alpha value is -2.70. The summed E-state index contributed by atoms with van der Waals surface area (Å²) in [5.74, 6) is -0.435. The van der Waals surface area contributed by atoms with Gasteiger partial charge in [0.15, 0.2) is 11.6 Å². The lowest BCUT2D eigenvalue weighted by Gasteiger charge is -2.17. The lowest BCUT2D eigenvalue weighted by molar-refractivity contribution is 0.207. The zero-order valence-corrected chi connectivity index (χ0v) is 15.4. The van der Waals surface area contributed by atoms with E-state index in [2.05, 4.69) is 4.98 Å². The fourth-order valence-electron chi connectivity index (χ4n) is 2.79. The molecular formula is C18H18FN3O4S. The van der Waals surface area contributed by atoms with Crippen molar-refractivity contribution in [2.75, 3.05) is 19.7 Å². The Balaban J connectivity index is 1.71. The fraction of sp³-hybridized carbons (Fsp3) is 0.333. The second-order valence-corrected chi connectivity index (χ2v) is 7.85. The molecule has 7 nitrogen and oxygen atoms in total. The van der Waals surface area contributed by atoms with Gasteiger partial charge in [-0.2, -0.15) is 9.57 Å². The number of aromatic nitrogens is 1. The molecule has 27 heavy (non-hydrogen) atoms. The average molecular weight is 391 g/mol. The molecule has 0 amide bonds. The van der Waals surface area contributed by atoms with Crippen LogP contribution in [0, 0.1) is 17.1 Å². The summed E-state index contributed by atoms with van der Waals surface area (Å²) in [6, 6.07) is 8.65. The molecule has 9 heteroatoms. The van der Waals surface area contributed by atoms with E-state index < -0.39 is 21.9 Å². The van der Waals surface area contributed by atoms with Gasteiger partial charge in [0.05, 0.1) is 29.7 Å². The fourth-order valence-corrected chi connectivity index (χ4v) is 4.29. The number of nitriles is 1. The van der Waals surface area contributed by atoms with Crippen molar-refractivity contribution in [1.82, 2.24) is 9.29 Å². The Morgan fingerprint density at radius 1 is 1.37 bits per heavy atom. The maximum absolute atomic E-state index is 14.0. The molecule has 0 bridgehead atoms. The van der Waals surface area contributed by atoms with Crippen molar-refractivity contribution in [2.45, 2.75) is 24.3 Å². The third-order valence-corrected chi connectivity index (χ3v) is 5.96. The minimum Gasteiger partial charge on any atom is -0.491 e. The van der Waals surface area contributed by atoms with Crippen molar-refractivity contribution < 1.29 is 22.3 Å². The topological polar surface area (TPSA) is 92.5 Å². The number of ether oxygens (including phenoxy) is 2. The van der Waals surface area contributed by atoms with Crippen LogP contribution >= 0.6 is 0 Å². The van der Waals surface area contributed by atoms with Gasteiger partial charge in [-0.25, -0.2) is 17.8 Å². The first kappa shape index (κ1) is 19.1. The minimum absolute atomic E-state index is 0.0162. The molecule has 142 valence electrons. The molecule has 0 saturated carbocycles. The van der Waals surface area contributed by atoms with Gasteiger partial charge in [0.2, 0.25) is 15.9 Å². The summed E-state index contributed by atoms with van der Waals surface area (Å²) < 4.78 is 51.6. The first-order valence-electron chi connectivity index (χ1n) is 8.39. The monoisotopic (exact) mass is 391 g/mol. The lowest BCUT2D eigenvalue weighted by atomic mass is 10.3. The smallest absolute Gasteiger partial charge is 0.243 e. The van der Waals surface area contributed by atoms with E-state index in [1.807, 2.05) is 6.07 Å². The zero-order valence-electron chi connectivity index (χ0n) is 14.6. The van der Waals surface area contributed by atoms with Gasteiger partial charge in [0, 0.05) is 18.8 Å². The largest absolute Gasteiger partial charge is 0.491 e. The Morgan fingerprint density at radius 2 is 2.19 bits per heavy atom. The van der Waals surface area contributed by atoms with Crippen molar-refractivity contribution >= 4 is 10.0 Å². The number of pyridine rings is 1. The summed E-state index contributed by atoms with van der Waals surface area (Å²) in [7, 11) is -3.85. The van der Waals surface area contributed by atoms with Crippen LogP contribution < -0.4 is 9.47 Å². The molecule has 0 aliphatic carbocycles. The second kappa shape index (κ2) is 7.90. The Morgan fingerprint density at radius 3 is 2.89 bits per heavy atom. The summed E-state index contributed by atoms with van der Waals surface area (Å²) in [5.41, 5.74) is 0.410. The molecule has 2 heterocycles. The molecule has 1 saturated heterocycles. The number of rotatable bonds is 6. The first-order chi connectivity index (χ1) is 12.9. The maximum atomic E-state index is 14.0. The van der Waals surface area contributed by atoms with Gasteiger partial charge in [-0.3, -0.25) is 0 Å². The number of hydrogen-bond donors (Lipinski definition) is 0.